The number of hydrogen-bond acceptors (Lipinski definition) is 2. The Morgan fingerprint density at radius 3 is 1.69 bits per heavy atom. The Hall–Kier alpha value is -4.60. The van der Waals surface area contributed by atoms with E-state index in [0.29, 0.717) is 0 Å². The van der Waals surface area contributed by atoms with Crippen molar-refractivity contribution in [2.24, 2.45) is 0 Å². The first-order valence-electron chi connectivity index (χ1n) is 13.5. The fourth-order valence-corrected chi connectivity index (χ4v) is 9.83. The molecule has 2 nitrogen and oxygen atoms in total. The summed E-state index contributed by atoms with van der Waals surface area (Å²) >= 11 is 0. The molecule has 184 valence electrons. The molecule has 0 atom stereocenters. The topological polar surface area (TPSA) is 25.8 Å². The fraction of sp³-hybridized carbons (Fsp3) is 0.0556. The van der Waals surface area contributed by atoms with Crippen molar-refractivity contribution in [3.05, 3.63) is 121 Å². The second-order valence-corrected chi connectivity index (χ2v) is 15.3. The van der Waals surface area contributed by atoms with Crippen LogP contribution in [0.25, 0.3) is 66.2 Å². The van der Waals surface area contributed by atoms with Crippen LogP contribution in [0.15, 0.2) is 121 Å². The molecule has 0 saturated carbocycles. The van der Waals surface area contributed by atoms with Crippen LogP contribution < -0.4 is 10.4 Å². The second-order valence-electron chi connectivity index (χ2n) is 11.0. The lowest BCUT2D eigenvalue weighted by Crippen LogP contribution is -2.50. The van der Waals surface area contributed by atoms with E-state index < -0.39 is 8.07 Å². The van der Waals surface area contributed by atoms with Crippen molar-refractivity contribution in [1.82, 2.24) is 9.97 Å². The Morgan fingerprint density at radius 2 is 1.00 bits per heavy atom. The molecule has 0 radical (unpaired) electrons. The molecule has 1 aromatic heterocycles. The molecule has 0 spiro atoms. The van der Waals surface area contributed by atoms with Gasteiger partial charge in [0.1, 0.15) is 8.07 Å². The largest absolute Gasteiger partial charge is 0.228 e. The first kappa shape index (κ1) is 22.4. The zero-order valence-corrected chi connectivity index (χ0v) is 22.9. The molecule has 0 unspecified atom stereocenters. The normalized spacial score (nSPS) is 13.6. The minimum atomic E-state index is -2.02. The third-order valence-corrected chi connectivity index (χ3v) is 11.9. The van der Waals surface area contributed by atoms with Crippen LogP contribution in [0.4, 0.5) is 0 Å². The highest BCUT2D eigenvalue weighted by Gasteiger charge is 2.41. The summed E-state index contributed by atoms with van der Waals surface area (Å²) in [6.07, 6.45) is 0. The highest BCUT2D eigenvalue weighted by atomic mass is 28.3. The Kier molecular flexibility index (Phi) is 4.70. The van der Waals surface area contributed by atoms with Crippen molar-refractivity contribution in [3.63, 3.8) is 0 Å². The molecule has 0 amide bonds. The Labute approximate surface area is 228 Å². The summed E-state index contributed by atoms with van der Waals surface area (Å²) in [6, 6.07) is 43.7. The van der Waals surface area contributed by atoms with Gasteiger partial charge < -0.3 is 0 Å². The maximum atomic E-state index is 5.34. The van der Waals surface area contributed by atoms with Crippen LogP contribution in [0, 0.1) is 0 Å². The number of hydrogen-bond donors (Lipinski definition) is 0. The van der Waals surface area contributed by atoms with Gasteiger partial charge in [-0.2, -0.15) is 0 Å². The van der Waals surface area contributed by atoms with Crippen molar-refractivity contribution in [3.8, 4) is 33.9 Å². The smallest absolute Gasteiger partial charge is 0.160 e. The third kappa shape index (κ3) is 3.20. The van der Waals surface area contributed by atoms with Crippen LogP contribution in [0.3, 0.4) is 0 Å². The molecule has 0 bridgehead atoms. The summed E-state index contributed by atoms with van der Waals surface area (Å²) in [5, 5.41) is 10.5. The van der Waals surface area contributed by atoms with E-state index in [9.17, 15) is 0 Å². The fourth-order valence-electron chi connectivity index (χ4n) is 6.60. The molecule has 7 aromatic rings. The van der Waals surface area contributed by atoms with Crippen molar-refractivity contribution < 1.29 is 0 Å². The molecular weight excluding hydrogens is 488 g/mol. The molecule has 1 aliphatic rings. The van der Waals surface area contributed by atoms with Crippen molar-refractivity contribution in [2.75, 3.05) is 0 Å². The van der Waals surface area contributed by atoms with Crippen molar-refractivity contribution >= 4 is 50.8 Å². The van der Waals surface area contributed by atoms with E-state index >= 15 is 0 Å². The van der Waals surface area contributed by atoms with E-state index in [4.69, 9.17) is 9.97 Å². The molecule has 0 aliphatic carbocycles. The standard InChI is InChI=1S/C36H26N2Si/c1-39(2)32-19-11-10-18-30(32)34-35(39)33(37-36(38-34)23-12-4-3-5-13-23)24-20-21-29-27-16-7-6-14-25(27)26-15-8-9-17-28(26)31(29)22-24/h3-22H,1-2H3. The van der Waals surface area contributed by atoms with Gasteiger partial charge in [-0.25, -0.2) is 9.97 Å². The summed E-state index contributed by atoms with van der Waals surface area (Å²) in [5.74, 6) is 0.786. The maximum absolute atomic E-state index is 5.34. The molecule has 0 N–H and O–H groups in total. The Morgan fingerprint density at radius 1 is 0.462 bits per heavy atom. The lowest BCUT2D eigenvalue weighted by Gasteiger charge is -2.22. The molecule has 0 fully saturated rings. The zero-order chi connectivity index (χ0) is 26.1. The highest BCUT2D eigenvalue weighted by molar-refractivity contribution is 7.04. The van der Waals surface area contributed by atoms with Gasteiger partial charge in [-0.3, -0.25) is 0 Å². The molecule has 6 aromatic carbocycles. The lowest BCUT2D eigenvalue weighted by atomic mass is 9.92. The van der Waals surface area contributed by atoms with Crippen LogP contribution >= 0.6 is 0 Å². The average molecular weight is 515 g/mol. The average Bonchev–Trinajstić information content (AvgIpc) is 3.23. The van der Waals surface area contributed by atoms with Crippen molar-refractivity contribution in [1.29, 1.82) is 0 Å². The van der Waals surface area contributed by atoms with Gasteiger partial charge in [0.05, 0.1) is 11.4 Å². The van der Waals surface area contributed by atoms with Gasteiger partial charge >= 0.3 is 0 Å². The molecule has 39 heavy (non-hydrogen) atoms. The lowest BCUT2D eigenvalue weighted by molar-refractivity contribution is 1.20. The maximum Gasteiger partial charge on any atom is 0.160 e. The number of fused-ring (bicyclic) bond motifs is 9. The van der Waals surface area contributed by atoms with Gasteiger partial charge in [0.2, 0.25) is 0 Å². The summed E-state index contributed by atoms with van der Waals surface area (Å²) in [7, 11) is -2.02. The van der Waals surface area contributed by atoms with E-state index in [1.807, 2.05) is 6.07 Å². The van der Waals surface area contributed by atoms with E-state index in [2.05, 4.69) is 128 Å². The minimum Gasteiger partial charge on any atom is -0.228 e. The van der Waals surface area contributed by atoms with E-state index in [0.717, 1.165) is 28.3 Å². The second kappa shape index (κ2) is 8.20. The number of benzene rings is 6. The third-order valence-electron chi connectivity index (χ3n) is 8.44. The minimum absolute atomic E-state index is 0.786. The molecule has 1 aliphatic heterocycles. The van der Waals surface area contributed by atoms with Gasteiger partial charge in [0.15, 0.2) is 5.82 Å². The molecule has 8 rings (SSSR count). The zero-order valence-electron chi connectivity index (χ0n) is 21.9. The van der Waals surface area contributed by atoms with E-state index in [-0.39, 0.29) is 0 Å². The van der Waals surface area contributed by atoms with E-state index in [1.165, 1.54) is 48.3 Å². The van der Waals surface area contributed by atoms with Crippen LogP contribution in [0.1, 0.15) is 0 Å². The van der Waals surface area contributed by atoms with Gasteiger partial charge in [0, 0.05) is 11.1 Å². The van der Waals surface area contributed by atoms with Gasteiger partial charge in [-0.1, -0.05) is 128 Å². The predicted molar refractivity (Wildman–Crippen MR) is 168 cm³/mol. The van der Waals surface area contributed by atoms with Crippen LogP contribution in [0.5, 0.6) is 0 Å². The van der Waals surface area contributed by atoms with Crippen LogP contribution in [-0.2, 0) is 0 Å². The molecule has 2 heterocycles. The van der Waals surface area contributed by atoms with Gasteiger partial charge in [0.25, 0.3) is 0 Å². The van der Waals surface area contributed by atoms with Gasteiger partial charge in [-0.15, -0.1) is 0 Å². The molecule has 0 saturated heterocycles. The monoisotopic (exact) mass is 514 g/mol. The van der Waals surface area contributed by atoms with Crippen molar-refractivity contribution in [2.45, 2.75) is 13.1 Å². The molecular formula is C36H26N2Si. The van der Waals surface area contributed by atoms with Crippen LogP contribution in [0.2, 0.25) is 13.1 Å². The summed E-state index contributed by atoms with van der Waals surface area (Å²) in [5.41, 5.74) is 5.65. The van der Waals surface area contributed by atoms with Gasteiger partial charge in [-0.05, 0) is 54.3 Å². The predicted octanol–water partition coefficient (Wildman–Crippen LogP) is 8.07. The summed E-state index contributed by atoms with van der Waals surface area (Å²) < 4.78 is 0. The van der Waals surface area contributed by atoms with E-state index in [1.54, 1.807) is 0 Å². The number of rotatable bonds is 2. The quantitative estimate of drug-likeness (QED) is 0.172. The first-order valence-corrected chi connectivity index (χ1v) is 16.5. The SMILES string of the molecule is C[Si]1(C)c2ccccc2-c2nc(-c3ccccc3)nc(-c3ccc4c5ccccc5c5ccccc5c4c3)c21. The summed E-state index contributed by atoms with van der Waals surface area (Å²) in [4.78, 5) is 10.6. The summed E-state index contributed by atoms with van der Waals surface area (Å²) in [6.45, 7) is 4.88. The Balaban J connectivity index is 1.48. The first-order chi connectivity index (χ1) is 19.1. The number of nitrogens with zero attached hydrogens (tertiary/aromatic N) is 2. The Bertz CT molecular complexity index is 2060. The highest BCUT2D eigenvalue weighted by Crippen LogP contribution is 2.38. The number of aromatic nitrogens is 2. The van der Waals surface area contributed by atoms with Crippen LogP contribution in [-0.4, -0.2) is 18.0 Å². The molecule has 3 heteroatoms.